The molecule has 0 saturated heterocycles. The van der Waals surface area contributed by atoms with Crippen LogP contribution in [0.3, 0.4) is 0 Å². The average molecular weight is 438 g/mol. The number of hydrogen-bond donors (Lipinski definition) is 1. The van der Waals surface area contributed by atoms with Crippen LogP contribution in [0, 0.1) is 0 Å². The first-order valence-corrected chi connectivity index (χ1v) is 10.2. The summed E-state index contributed by atoms with van der Waals surface area (Å²) in [5.41, 5.74) is 3.04. The van der Waals surface area contributed by atoms with E-state index in [0.717, 1.165) is 22.9 Å². The van der Waals surface area contributed by atoms with Gasteiger partial charge in [-0.05, 0) is 65.4 Å². The Morgan fingerprint density at radius 3 is 2.50 bits per heavy atom. The van der Waals surface area contributed by atoms with E-state index in [1.165, 1.54) is 0 Å². The number of aromatic nitrogens is 1. The van der Waals surface area contributed by atoms with E-state index in [2.05, 4.69) is 4.98 Å². The first-order valence-electron chi connectivity index (χ1n) is 9.02. The summed E-state index contributed by atoms with van der Waals surface area (Å²) < 4.78 is 11.4. The fourth-order valence-electron chi connectivity index (χ4n) is 2.68. The summed E-state index contributed by atoms with van der Waals surface area (Å²) in [4.78, 5) is 16.1. The van der Waals surface area contributed by atoms with Crippen LogP contribution in [-0.2, 0) is 11.4 Å². The number of ether oxygens (including phenoxy) is 1. The highest BCUT2D eigenvalue weighted by molar-refractivity contribution is 8.03. The van der Waals surface area contributed by atoms with E-state index in [9.17, 15) is 9.90 Å². The fourth-order valence-corrected chi connectivity index (χ4v) is 3.55. The Balaban J connectivity index is 1.45. The van der Waals surface area contributed by atoms with Gasteiger partial charge in [-0.15, -0.1) is 0 Å². The van der Waals surface area contributed by atoms with Gasteiger partial charge in [0.25, 0.3) is 5.22 Å². The molecule has 0 amide bonds. The Labute approximate surface area is 182 Å². The molecule has 0 atom stereocenters. The highest BCUT2D eigenvalue weighted by atomic mass is 35.5. The smallest absolute Gasteiger partial charge is 0.342 e. The van der Waals surface area contributed by atoms with Gasteiger partial charge in [0.2, 0.25) is 0 Å². The minimum absolute atomic E-state index is 0.108. The number of hydrogen-bond acceptors (Lipinski definition) is 5. The van der Waals surface area contributed by atoms with Gasteiger partial charge >= 0.3 is 5.97 Å². The topological polar surface area (TPSA) is 72.6 Å². The highest BCUT2D eigenvalue weighted by Gasteiger charge is 2.14. The van der Waals surface area contributed by atoms with Crippen molar-refractivity contribution >= 4 is 46.5 Å². The normalized spacial score (nSPS) is 11.6. The number of oxazole rings is 1. The van der Waals surface area contributed by atoms with E-state index in [1.807, 2.05) is 42.5 Å². The lowest BCUT2D eigenvalue weighted by atomic mass is 10.2. The molecule has 30 heavy (non-hydrogen) atoms. The lowest BCUT2D eigenvalue weighted by molar-refractivity contribution is -0.131. The molecule has 0 aliphatic heterocycles. The number of nitrogens with zero attached hydrogens (tertiary/aromatic N) is 1. The lowest BCUT2D eigenvalue weighted by Crippen LogP contribution is -1.97. The number of carboxylic acids is 1. The highest BCUT2D eigenvalue weighted by Crippen LogP contribution is 2.31. The second kappa shape index (κ2) is 9.07. The van der Waals surface area contributed by atoms with Crippen molar-refractivity contribution in [3.05, 3.63) is 93.9 Å². The van der Waals surface area contributed by atoms with Gasteiger partial charge in [0.05, 0.1) is 0 Å². The van der Waals surface area contributed by atoms with Crippen molar-refractivity contribution in [1.82, 2.24) is 4.98 Å². The number of carbonyl (C=O) groups is 1. The van der Waals surface area contributed by atoms with E-state index < -0.39 is 5.97 Å². The minimum Gasteiger partial charge on any atom is -0.489 e. The standard InChI is InChI=1S/C23H16ClNO4S/c24-17-9-5-16(6-10-17)14-28-18-11-7-15(8-12-18)13-21(22(26)27)30-23-25-19-3-1-2-4-20(19)29-23/h1-13H,14H2,(H,26,27)/b21-13-. The Kier molecular flexibility index (Phi) is 6.07. The number of rotatable bonds is 7. The summed E-state index contributed by atoms with van der Waals surface area (Å²) >= 11 is 6.85. The van der Waals surface area contributed by atoms with E-state index >= 15 is 0 Å². The van der Waals surface area contributed by atoms with Crippen LogP contribution in [0.2, 0.25) is 5.02 Å². The lowest BCUT2D eigenvalue weighted by Gasteiger charge is -2.07. The predicted octanol–water partition coefficient (Wildman–Crippen LogP) is 6.28. The molecule has 1 aromatic heterocycles. The zero-order valence-electron chi connectivity index (χ0n) is 15.6. The molecule has 0 spiro atoms. The van der Waals surface area contributed by atoms with E-state index in [4.69, 9.17) is 20.8 Å². The van der Waals surface area contributed by atoms with Crippen LogP contribution in [0.15, 0.2) is 87.3 Å². The summed E-state index contributed by atoms with van der Waals surface area (Å²) in [6.45, 7) is 0.417. The molecule has 0 saturated carbocycles. The molecule has 150 valence electrons. The van der Waals surface area contributed by atoms with Crippen LogP contribution in [0.1, 0.15) is 11.1 Å². The van der Waals surface area contributed by atoms with Gasteiger partial charge in [0.15, 0.2) is 5.58 Å². The average Bonchev–Trinajstić information content (AvgIpc) is 3.16. The zero-order chi connectivity index (χ0) is 20.9. The SMILES string of the molecule is O=C(O)/C(=C/c1ccc(OCc2ccc(Cl)cc2)cc1)Sc1nc2ccccc2o1. The summed E-state index contributed by atoms with van der Waals surface area (Å²) in [7, 11) is 0. The minimum atomic E-state index is -1.05. The van der Waals surface area contributed by atoms with Gasteiger partial charge in [-0.1, -0.05) is 48.0 Å². The number of benzene rings is 3. The Hall–Kier alpha value is -3.22. The molecule has 0 bridgehead atoms. The van der Waals surface area contributed by atoms with Gasteiger partial charge in [-0.25, -0.2) is 9.78 Å². The molecule has 1 heterocycles. The van der Waals surface area contributed by atoms with Crippen LogP contribution in [0.4, 0.5) is 0 Å². The van der Waals surface area contributed by atoms with Crippen molar-refractivity contribution in [2.75, 3.05) is 0 Å². The van der Waals surface area contributed by atoms with E-state index in [0.29, 0.717) is 28.5 Å². The van der Waals surface area contributed by atoms with Gasteiger partial charge in [-0.3, -0.25) is 0 Å². The van der Waals surface area contributed by atoms with E-state index in [-0.39, 0.29) is 10.1 Å². The molecule has 0 radical (unpaired) electrons. The monoisotopic (exact) mass is 437 g/mol. The van der Waals surface area contributed by atoms with Gasteiger partial charge < -0.3 is 14.3 Å². The number of carboxylic acid groups (broad SMARTS) is 1. The number of thioether (sulfide) groups is 1. The number of fused-ring (bicyclic) bond motifs is 1. The molecule has 7 heteroatoms. The summed E-state index contributed by atoms with van der Waals surface area (Å²) in [6, 6.07) is 21.9. The van der Waals surface area contributed by atoms with Crippen LogP contribution < -0.4 is 4.74 Å². The second-order valence-electron chi connectivity index (χ2n) is 6.35. The third-order valence-electron chi connectivity index (χ3n) is 4.18. The molecule has 4 rings (SSSR count). The molecule has 0 fully saturated rings. The molecule has 0 unspecified atom stereocenters. The first-order chi connectivity index (χ1) is 14.6. The molecule has 0 aliphatic rings. The molecule has 4 aromatic rings. The maximum atomic E-state index is 11.7. The number of aliphatic carboxylic acids is 1. The van der Waals surface area contributed by atoms with Gasteiger partial charge in [0, 0.05) is 5.02 Å². The molecule has 5 nitrogen and oxygen atoms in total. The van der Waals surface area contributed by atoms with E-state index in [1.54, 1.807) is 36.4 Å². The molecule has 1 N–H and O–H groups in total. The summed E-state index contributed by atoms with van der Waals surface area (Å²) in [5.74, 6) is -0.365. The van der Waals surface area contributed by atoms with Crippen molar-refractivity contribution in [2.24, 2.45) is 0 Å². The maximum absolute atomic E-state index is 11.7. The van der Waals surface area contributed by atoms with Crippen molar-refractivity contribution in [3.63, 3.8) is 0 Å². The van der Waals surface area contributed by atoms with Crippen LogP contribution in [0.25, 0.3) is 17.2 Å². The Morgan fingerprint density at radius 1 is 1.07 bits per heavy atom. The largest absolute Gasteiger partial charge is 0.489 e. The van der Waals surface area contributed by atoms with Crippen LogP contribution >= 0.6 is 23.4 Å². The summed E-state index contributed by atoms with van der Waals surface area (Å²) in [5, 5.41) is 10.5. The second-order valence-corrected chi connectivity index (χ2v) is 7.78. The van der Waals surface area contributed by atoms with Crippen LogP contribution in [-0.4, -0.2) is 16.1 Å². The van der Waals surface area contributed by atoms with Crippen LogP contribution in [0.5, 0.6) is 5.75 Å². The quantitative estimate of drug-likeness (QED) is 0.271. The molecule has 3 aromatic carbocycles. The first kappa shape index (κ1) is 20.1. The zero-order valence-corrected chi connectivity index (χ0v) is 17.2. The fraction of sp³-hybridized carbons (Fsp3) is 0.0435. The molecular weight excluding hydrogens is 422 g/mol. The number of halogens is 1. The van der Waals surface area contributed by atoms with Gasteiger partial charge in [-0.2, -0.15) is 0 Å². The van der Waals surface area contributed by atoms with Crippen molar-refractivity contribution in [1.29, 1.82) is 0 Å². The van der Waals surface area contributed by atoms with Crippen molar-refractivity contribution in [3.8, 4) is 5.75 Å². The van der Waals surface area contributed by atoms with Crippen molar-refractivity contribution < 1.29 is 19.1 Å². The van der Waals surface area contributed by atoms with Crippen molar-refractivity contribution in [2.45, 2.75) is 11.8 Å². The molecular formula is C23H16ClNO4S. The Bertz CT molecular complexity index is 1170. The Morgan fingerprint density at radius 2 is 1.80 bits per heavy atom. The maximum Gasteiger partial charge on any atom is 0.342 e. The third kappa shape index (κ3) is 5.03. The molecule has 0 aliphatic carbocycles. The predicted molar refractivity (Wildman–Crippen MR) is 118 cm³/mol. The third-order valence-corrected chi connectivity index (χ3v) is 5.29. The summed E-state index contributed by atoms with van der Waals surface area (Å²) in [6.07, 6.45) is 1.57. The van der Waals surface area contributed by atoms with Gasteiger partial charge in [0.1, 0.15) is 22.8 Å². The number of para-hydroxylation sites is 2.